The minimum atomic E-state index is -4.35. The fraction of sp³-hybridized carbons (Fsp3) is 0.167. The quantitative estimate of drug-likeness (QED) is 0.656. The van der Waals surface area contributed by atoms with Crippen molar-refractivity contribution in [1.29, 1.82) is 0 Å². The fourth-order valence-electron chi connectivity index (χ4n) is 0.894. The van der Waals surface area contributed by atoms with Gasteiger partial charge in [-0.05, 0) is 0 Å². The van der Waals surface area contributed by atoms with Gasteiger partial charge in [-0.25, -0.2) is 22.3 Å². The van der Waals surface area contributed by atoms with Crippen LogP contribution in [0.3, 0.4) is 0 Å². The molecule has 0 amide bonds. The van der Waals surface area contributed by atoms with Crippen LogP contribution in [0.4, 0.5) is 8.78 Å². The molecule has 0 aliphatic rings. The molecule has 9 heteroatoms. The molecule has 0 unspecified atom stereocenters. The first-order valence-corrected chi connectivity index (χ1v) is 5.05. The van der Waals surface area contributed by atoms with E-state index in [1.807, 2.05) is 0 Å². The maximum Gasteiger partial charge on any atom is 0.282 e. The topological polar surface area (TPSA) is 113 Å². The summed E-state index contributed by atoms with van der Waals surface area (Å²) in [7, 11) is -4.35. The first-order valence-electron chi connectivity index (χ1n) is 3.50. The van der Waals surface area contributed by atoms with Gasteiger partial charge in [0, 0.05) is 6.20 Å². The molecule has 0 saturated heterocycles. The van der Waals surface area contributed by atoms with Crippen LogP contribution in [-0.2, 0) is 10.0 Å². The van der Waals surface area contributed by atoms with E-state index < -0.39 is 38.2 Å². The number of hydrogen-bond acceptors (Lipinski definition) is 4. The maximum absolute atomic E-state index is 12.1. The summed E-state index contributed by atoms with van der Waals surface area (Å²) in [6, 6.07) is 0. The molecular weight excluding hydrogens is 234 g/mol. The molecule has 84 valence electrons. The number of pyridine rings is 1. The minimum Gasteiger partial charge on any atom is -0.503 e. The average molecular weight is 240 g/mol. The first kappa shape index (κ1) is 11.6. The van der Waals surface area contributed by atoms with Crippen LogP contribution in [-0.4, -0.2) is 18.5 Å². The number of hydrogen-bond donors (Lipinski definition) is 3. The third kappa shape index (κ3) is 2.13. The predicted molar refractivity (Wildman–Crippen MR) is 45.1 cm³/mol. The molecule has 0 atom stereocenters. The van der Waals surface area contributed by atoms with E-state index in [4.69, 9.17) is 5.11 Å². The number of aromatic nitrogens is 1. The fourth-order valence-corrected chi connectivity index (χ4v) is 1.47. The van der Waals surface area contributed by atoms with Crippen molar-refractivity contribution in [3.05, 3.63) is 22.1 Å². The highest BCUT2D eigenvalue weighted by atomic mass is 32.2. The molecule has 0 fully saturated rings. The molecule has 1 aromatic rings. The second-order valence-corrected chi connectivity index (χ2v) is 4.12. The van der Waals surface area contributed by atoms with E-state index in [0.717, 1.165) is 0 Å². The normalized spacial score (nSPS) is 12.0. The van der Waals surface area contributed by atoms with Gasteiger partial charge in [0.25, 0.3) is 6.43 Å². The molecule has 0 bridgehead atoms. The van der Waals surface area contributed by atoms with E-state index in [1.165, 1.54) is 0 Å². The molecule has 1 heterocycles. The standard InChI is InChI=1S/C6H6F2N2O4S/c7-6(8)3-5(12)4(11)2(1-10-3)15(9,13)14/h1,6,12H,(H,10,11)(H2,9,13,14). The summed E-state index contributed by atoms with van der Waals surface area (Å²) >= 11 is 0. The lowest BCUT2D eigenvalue weighted by Crippen LogP contribution is -2.22. The van der Waals surface area contributed by atoms with Crippen LogP contribution in [0.2, 0.25) is 0 Å². The molecule has 0 aromatic carbocycles. The van der Waals surface area contributed by atoms with Gasteiger partial charge in [0.2, 0.25) is 15.5 Å². The van der Waals surface area contributed by atoms with Gasteiger partial charge in [0.15, 0.2) is 5.75 Å². The van der Waals surface area contributed by atoms with Gasteiger partial charge >= 0.3 is 0 Å². The van der Waals surface area contributed by atoms with Crippen LogP contribution < -0.4 is 10.6 Å². The third-order valence-electron chi connectivity index (χ3n) is 1.58. The van der Waals surface area contributed by atoms with Crippen LogP contribution >= 0.6 is 0 Å². The third-order valence-corrected chi connectivity index (χ3v) is 2.49. The Labute approximate surface area is 82.4 Å². The van der Waals surface area contributed by atoms with Crippen molar-refractivity contribution >= 4 is 10.0 Å². The number of nitrogens with one attached hydrogen (secondary N) is 1. The summed E-state index contributed by atoms with van der Waals surface area (Å²) < 4.78 is 45.7. The van der Waals surface area contributed by atoms with Gasteiger partial charge in [-0.1, -0.05) is 0 Å². The van der Waals surface area contributed by atoms with Gasteiger partial charge in [-0.2, -0.15) is 0 Å². The minimum absolute atomic E-state index is 0.513. The summed E-state index contributed by atoms with van der Waals surface area (Å²) in [6.45, 7) is 0. The van der Waals surface area contributed by atoms with Crippen molar-refractivity contribution in [2.24, 2.45) is 5.14 Å². The van der Waals surface area contributed by atoms with Crippen LogP contribution in [0, 0.1) is 0 Å². The molecular formula is C6H6F2N2O4S. The number of aromatic amines is 1. The zero-order valence-electron chi connectivity index (χ0n) is 7.07. The molecule has 0 saturated carbocycles. The molecule has 1 aromatic heterocycles. The van der Waals surface area contributed by atoms with Gasteiger partial charge in [0.05, 0.1) is 0 Å². The van der Waals surface area contributed by atoms with E-state index in [1.54, 1.807) is 4.98 Å². The van der Waals surface area contributed by atoms with Crippen molar-refractivity contribution in [2.75, 3.05) is 0 Å². The Kier molecular flexibility index (Phi) is 2.77. The number of aromatic hydroxyl groups is 1. The number of rotatable bonds is 2. The molecule has 15 heavy (non-hydrogen) atoms. The van der Waals surface area contributed by atoms with Crippen LogP contribution in [0.1, 0.15) is 12.1 Å². The lowest BCUT2D eigenvalue weighted by atomic mass is 10.3. The second-order valence-electron chi connectivity index (χ2n) is 2.59. The Bertz CT molecular complexity index is 537. The monoisotopic (exact) mass is 240 g/mol. The molecule has 4 N–H and O–H groups in total. The zero-order chi connectivity index (χ0) is 11.8. The SMILES string of the molecule is NS(=O)(=O)c1c[nH]c(C(F)F)c(O)c1=O. The highest BCUT2D eigenvalue weighted by Crippen LogP contribution is 2.23. The van der Waals surface area contributed by atoms with Crippen molar-refractivity contribution in [3.63, 3.8) is 0 Å². The number of H-pyrrole nitrogens is 1. The summed E-state index contributed by atoms with van der Waals surface area (Å²) in [5.74, 6) is -1.35. The molecule has 0 radical (unpaired) electrons. The maximum atomic E-state index is 12.1. The lowest BCUT2D eigenvalue weighted by Gasteiger charge is -2.04. The van der Waals surface area contributed by atoms with E-state index in [2.05, 4.69) is 5.14 Å². The van der Waals surface area contributed by atoms with Crippen molar-refractivity contribution in [3.8, 4) is 5.75 Å². The second kappa shape index (κ2) is 3.59. The number of nitrogens with two attached hydrogens (primary N) is 1. The highest BCUT2D eigenvalue weighted by Gasteiger charge is 2.22. The van der Waals surface area contributed by atoms with Crippen molar-refractivity contribution in [2.45, 2.75) is 11.3 Å². The Morgan fingerprint density at radius 3 is 2.40 bits per heavy atom. The van der Waals surface area contributed by atoms with E-state index in [0.29, 0.717) is 6.20 Å². The van der Waals surface area contributed by atoms with Gasteiger partial charge in [0.1, 0.15) is 10.6 Å². The molecule has 0 spiro atoms. The zero-order valence-corrected chi connectivity index (χ0v) is 7.88. The lowest BCUT2D eigenvalue weighted by molar-refractivity contribution is 0.141. The molecule has 0 aliphatic heterocycles. The number of halogens is 2. The Morgan fingerprint density at radius 1 is 1.47 bits per heavy atom. The van der Waals surface area contributed by atoms with E-state index in [-0.39, 0.29) is 0 Å². The number of alkyl halides is 2. The largest absolute Gasteiger partial charge is 0.503 e. The summed E-state index contributed by atoms with van der Waals surface area (Å²) in [6.07, 6.45) is -2.61. The van der Waals surface area contributed by atoms with Crippen LogP contribution in [0.5, 0.6) is 5.75 Å². The first-order chi connectivity index (χ1) is 6.75. The Morgan fingerprint density at radius 2 is 2.00 bits per heavy atom. The Hall–Kier alpha value is -1.48. The van der Waals surface area contributed by atoms with Gasteiger partial charge < -0.3 is 10.1 Å². The Balaban J connectivity index is 3.56. The predicted octanol–water partition coefficient (Wildman–Crippen LogP) is -0.334. The molecule has 1 rings (SSSR count). The molecule has 0 aliphatic carbocycles. The van der Waals surface area contributed by atoms with Crippen molar-refractivity contribution in [1.82, 2.24) is 4.98 Å². The summed E-state index contributed by atoms with van der Waals surface area (Å²) in [4.78, 5) is 11.9. The number of primary sulfonamides is 1. The van der Waals surface area contributed by atoms with Gasteiger partial charge in [-0.3, -0.25) is 4.79 Å². The number of sulfonamides is 1. The molecule has 6 nitrogen and oxygen atoms in total. The van der Waals surface area contributed by atoms with Crippen molar-refractivity contribution < 1.29 is 22.3 Å². The van der Waals surface area contributed by atoms with Gasteiger partial charge in [-0.15, -0.1) is 0 Å². The van der Waals surface area contributed by atoms with Crippen LogP contribution in [0.15, 0.2) is 15.9 Å². The van der Waals surface area contributed by atoms with E-state index >= 15 is 0 Å². The smallest absolute Gasteiger partial charge is 0.282 e. The summed E-state index contributed by atoms with van der Waals surface area (Å²) in [5.41, 5.74) is -2.50. The van der Waals surface area contributed by atoms with Crippen LogP contribution in [0.25, 0.3) is 0 Å². The average Bonchev–Trinajstić information content (AvgIpc) is 2.06. The summed E-state index contributed by atoms with van der Waals surface area (Å²) in [5, 5.41) is 13.6. The highest BCUT2D eigenvalue weighted by molar-refractivity contribution is 7.89. The van der Waals surface area contributed by atoms with E-state index in [9.17, 15) is 22.0 Å².